The fourth-order valence-electron chi connectivity index (χ4n) is 4.88. The first-order valence-electron chi connectivity index (χ1n) is 10.0. The highest BCUT2D eigenvalue weighted by molar-refractivity contribution is 5.85. The molecule has 1 amide bonds. The molecule has 0 spiro atoms. The van der Waals surface area contributed by atoms with E-state index in [9.17, 15) is 4.79 Å². The maximum Gasteiger partial charge on any atom is 0.228 e. The van der Waals surface area contributed by atoms with Crippen molar-refractivity contribution >= 4 is 18.3 Å². The van der Waals surface area contributed by atoms with Crippen molar-refractivity contribution in [2.75, 3.05) is 26.2 Å². The molecule has 1 aromatic rings. The van der Waals surface area contributed by atoms with E-state index in [0.717, 1.165) is 56.9 Å². The van der Waals surface area contributed by atoms with Crippen molar-refractivity contribution < 1.29 is 9.53 Å². The van der Waals surface area contributed by atoms with E-state index in [4.69, 9.17) is 4.74 Å². The highest BCUT2D eigenvalue weighted by atomic mass is 35.5. The van der Waals surface area contributed by atoms with Gasteiger partial charge in [-0.25, -0.2) is 0 Å². The molecule has 3 heterocycles. The van der Waals surface area contributed by atoms with Gasteiger partial charge in [-0.15, -0.1) is 12.4 Å². The van der Waals surface area contributed by atoms with Crippen molar-refractivity contribution in [3.05, 3.63) is 35.9 Å². The Morgan fingerprint density at radius 3 is 2.50 bits per heavy atom. The fourth-order valence-corrected chi connectivity index (χ4v) is 4.88. The number of benzene rings is 1. The molecule has 3 saturated heterocycles. The number of carbonyl (C=O) groups is 1. The van der Waals surface area contributed by atoms with E-state index in [1.165, 1.54) is 19.4 Å². The van der Waals surface area contributed by atoms with Crippen LogP contribution in [-0.2, 0) is 9.53 Å². The van der Waals surface area contributed by atoms with Crippen molar-refractivity contribution in [1.82, 2.24) is 10.2 Å². The number of ether oxygens (including phenoxy) is 1. The molecule has 1 N–H and O–H groups in total. The zero-order chi connectivity index (χ0) is 17.1. The highest BCUT2D eigenvalue weighted by Crippen LogP contribution is 2.36. The summed E-state index contributed by atoms with van der Waals surface area (Å²) < 4.78 is 6.03. The van der Waals surface area contributed by atoms with Crippen LogP contribution >= 0.6 is 12.4 Å². The first-order chi connectivity index (χ1) is 12.3. The number of rotatable bonds is 3. The van der Waals surface area contributed by atoms with E-state index in [0.29, 0.717) is 11.9 Å². The molecule has 0 saturated carbocycles. The standard InChI is InChI=1S/C21H30N2O2.ClH/c24-21(23-13-10-16(11-14-23)19-9-4-12-22-19)18-8-5-15-25-20(18)17-6-2-1-3-7-17;/h1-3,6-7,16,18-20,22H,4-5,8-15H2;1H. The normalized spacial score (nSPS) is 30.0. The van der Waals surface area contributed by atoms with Gasteiger partial charge < -0.3 is 15.0 Å². The van der Waals surface area contributed by atoms with Crippen molar-refractivity contribution in [3.63, 3.8) is 0 Å². The molecule has 3 atom stereocenters. The van der Waals surface area contributed by atoms with E-state index in [1.54, 1.807) is 0 Å². The van der Waals surface area contributed by atoms with Crippen molar-refractivity contribution in [1.29, 1.82) is 0 Å². The third-order valence-electron chi connectivity index (χ3n) is 6.29. The number of hydrogen-bond donors (Lipinski definition) is 1. The van der Waals surface area contributed by atoms with Gasteiger partial charge in [0.1, 0.15) is 0 Å². The molecule has 4 nitrogen and oxygen atoms in total. The molecule has 3 aliphatic rings. The van der Waals surface area contributed by atoms with Gasteiger partial charge in [0.2, 0.25) is 5.91 Å². The number of carbonyl (C=O) groups excluding carboxylic acids is 1. The zero-order valence-electron chi connectivity index (χ0n) is 15.4. The molecule has 0 radical (unpaired) electrons. The number of halogens is 1. The summed E-state index contributed by atoms with van der Waals surface area (Å²) in [6.07, 6.45) is 6.77. The average Bonchev–Trinajstić information content (AvgIpc) is 3.23. The summed E-state index contributed by atoms with van der Waals surface area (Å²) in [5, 5.41) is 3.64. The fraction of sp³-hybridized carbons (Fsp3) is 0.667. The second kappa shape index (κ2) is 9.20. The van der Waals surface area contributed by atoms with Crippen LogP contribution in [0.15, 0.2) is 30.3 Å². The molecule has 26 heavy (non-hydrogen) atoms. The van der Waals surface area contributed by atoms with Crippen molar-refractivity contribution in [2.45, 2.75) is 50.7 Å². The van der Waals surface area contributed by atoms with Crippen LogP contribution in [0.2, 0.25) is 0 Å². The lowest BCUT2D eigenvalue weighted by molar-refractivity contribution is -0.147. The van der Waals surface area contributed by atoms with Crippen LogP contribution in [-0.4, -0.2) is 43.1 Å². The lowest BCUT2D eigenvalue weighted by atomic mass is 9.85. The Kier molecular flexibility index (Phi) is 6.96. The summed E-state index contributed by atoms with van der Waals surface area (Å²) >= 11 is 0. The Balaban J connectivity index is 0.00000196. The molecule has 3 aliphatic heterocycles. The SMILES string of the molecule is Cl.O=C(C1CCCOC1c1ccccc1)N1CCC(C2CCCN2)CC1. The van der Waals surface area contributed by atoms with Gasteiger partial charge in [-0.2, -0.15) is 0 Å². The van der Waals surface area contributed by atoms with Gasteiger partial charge in [0, 0.05) is 25.7 Å². The number of likely N-dealkylation sites (tertiary alicyclic amines) is 1. The van der Waals surface area contributed by atoms with E-state index < -0.39 is 0 Å². The summed E-state index contributed by atoms with van der Waals surface area (Å²) in [5.41, 5.74) is 1.14. The van der Waals surface area contributed by atoms with Crippen molar-refractivity contribution in [2.24, 2.45) is 11.8 Å². The lowest BCUT2D eigenvalue weighted by Gasteiger charge is -2.39. The summed E-state index contributed by atoms with van der Waals surface area (Å²) in [7, 11) is 0. The molecular formula is C21H31ClN2O2. The Bertz CT molecular complexity index is 569. The molecule has 3 unspecified atom stereocenters. The molecule has 144 valence electrons. The van der Waals surface area contributed by atoms with Gasteiger partial charge in [-0.1, -0.05) is 30.3 Å². The molecule has 4 rings (SSSR count). The van der Waals surface area contributed by atoms with E-state index in [-0.39, 0.29) is 24.4 Å². The quantitative estimate of drug-likeness (QED) is 0.874. The molecule has 0 bridgehead atoms. The number of nitrogens with zero attached hydrogens (tertiary/aromatic N) is 1. The van der Waals surface area contributed by atoms with Gasteiger partial charge in [0.05, 0.1) is 12.0 Å². The Morgan fingerprint density at radius 1 is 1.04 bits per heavy atom. The molecular weight excluding hydrogens is 348 g/mol. The molecule has 3 fully saturated rings. The largest absolute Gasteiger partial charge is 0.373 e. The highest BCUT2D eigenvalue weighted by Gasteiger charge is 2.37. The van der Waals surface area contributed by atoms with Gasteiger partial charge in [0.25, 0.3) is 0 Å². The van der Waals surface area contributed by atoms with E-state index in [2.05, 4.69) is 22.3 Å². The van der Waals surface area contributed by atoms with Gasteiger partial charge >= 0.3 is 0 Å². The molecule has 1 aromatic carbocycles. The minimum atomic E-state index is -0.0725. The number of amides is 1. The first-order valence-corrected chi connectivity index (χ1v) is 10.0. The van der Waals surface area contributed by atoms with Gasteiger partial charge in [0.15, 0.2) is 0 Å². The zero-order valence-corrected chi connectivity index (χ0v) is 16.3. The Morgan fingerprint density at radius 2 is 1.81 bits per heavy atom. The lowest BCUT2D eigenvalue weighted by Crippen LogP contribution is -2.47. The van der Waals surface area contributed by atoms with E-state index >= 15 is 0 Å². The second-order valence-electron chi connectivity index (χ2n) is 7.82. The summed E-state index contributed by atoms with van der Waals surface area (Å²) in [6.45, 7) is 3.76. The minimum Gasteiger partial charge on any atom is -0.373 e. The van der Waals surface area contributed by atoms with Gasteiger partial charge in [-0.3, -0.25) is 4.79 Å². The predicted molar refractivity (Wildman–Crippen MR) is 105 cm³/mol. The summed E-state index contributed by atoms with van der Waals surface area (Å²) in [4.78, 5) is 15.3. The predicted octanol–water partition coefficient (Wildman–Crippen LogP) is 3.57. The van der Waals surface area contributed by atoms with Crippen LogP contribution in [0.3, 0.4) is 0 Å². The van der Waals surface area contributed by atoms with Crippen LogP contribution in [0.1, 0.15) is 50.2 Å². The number of piperidine rings is 1. The summed E-state index contributed by atoms with van der Waals surface area (Å²) in [6, 6.07) is 11.0. The number of hydrogen-bond acceptors (Lipinski definition) is 3. The van der Waals surface area contributed by atoms with Crippen LogP contribution < -0.4 is 5.32 Å². The smallest absolute Gasteiger partial charge is 0.228 e. The average molecular weight is 379 g/mol. The monoisotopic (exact) mass is 378 g/mol. The molecule has 5 heteroatoms. The van der Waals surface area contributed by atoms with Crippen LogP contribution in [0, 0.1) is 11.8 Å². The molecule has 0 aromatic heterocycles. The second-order valence-corrected chi connectivity index (χ2v) is 7.82. The molecule has 0 aliphatic carbocycles. The van der Waals surface area contributed by atoms with Crippen LogP contribution in [0.4, 0.5) is 0 Å². The van der Waals surface area contributed by atoms with Crippen LogP contribution in [0.25, 0.3) is 0 Å². The topological polar surface area (TPSA) is 41.6 Å². The third kappa shape index (κ3) is 4.24. The van der Waals surface area contributed by atoms with Crippen molar-refractivity contribution in [3.8, 4) is 0 Å². The Hall–Kier alpha value is -1.10. The number of nitrogens with one attached hydrogen (secondary N) is 1. The van der Waals surface area contributed by atoms with Crippen LogP contribution in [0.5, 0.6) is 0 Å². The van der Waals surface area contributed by atoms with Gasteiger partial charge in [-0.05, 0) is 56.6 Å². The van der Waals surface area contributed by atoms with E-state index in [1.807, 2.05) is 18.2 Å². The maximum absolute atomic E-state index is 13.2. The Labute approximate surface area is 163 Å². The first kappa shape index (κ1) is 19.7. The maximum atomic E-state index is 13.2. The third-order valence-corrected chi connectivity index (χ3v) is 6.29. The summed E-state index contributed by atoms with van der Waals surface area (Å²) in [5.74, 6) is 1.04. The minimum absolute atomic E-state index is 0.